The van der Waals surface area contributed by atoms with Gasteiger partial charge in [0.15, 0.2) is 5.79 Å². The van der Waals surface area contributed by atoms with Crippen molar-refractivity contribution in [3.8, 4) is 0 Å². The highest BCUT2D eigenvalue weighted by atomic mass is 79.9. The van der Waals surface area contributed by atoms with Crippen molar-refractivity contribution in [2.45, 2.75) is 49.6 Å². The molecular formula is C17H22BrClO2. The van der Waals surface area contributed by atoms with Gasteiger partial charge in [0.1, 0.15) is 0 Å². The molecule has 116 valence electrons. The third kappa shape index (κ3) is 3.31. The SMILES string of the molecule is CC(Br)c1ccc(CC2CCCCC23OCCO3)c(Cl)c1. The molecule has 1 spiro atoms. The van der Waals surface area contributed by atoms with Gasteiger partial charge in [0.05, 0.1) is 13.2 Å². The van der Waals surface area contributed by atoms with Crippen LogP contribution in [0.3, 0.4) is 0 Å². The maximum absolute atomic E-state index is 6.49. The summed E-state index contributed by atoms with van der Waals surface area (Å²) in [5.41, 5.74) is 2.43. The summed E-state index contributed by atoms with van der Waals surface area (Å²) < 4.78 is 12.0. The van der Waals surface area contributed by atoms with E-state index >= 15 is 0 Å². The monoisotopic (exact) mass is 372 g/mol. The summed E-state index contributed by atoms with van der Waals surface area (Å²) in [7, 11) is 0. The van der Waals surface area contributed by atoms with E-state index in [0.717, 1.165) is 37.5 Å². The molecule has 0 bridgehead atoms. The number of ether oxygens (including phenoxy) is 2. The van der Waals surface area contributed by atoms with Crippen LogP contribution in [0, 0.1) is 5.92 Å². The smallest absolute Gasteiger partial charge is 0.171 e. The summed E-state index contributed by atoms with van der Waals surface area (Å²) in [6, 6.07) is 6.39. The fourth-order valence-electron chi connectivity index (χ4n) is 3.54. The zero-order valence-corrected chi connectivity index (χ0v) is 14.8. The fraction of sp³-hybridized carbons (Fsp3) is 0.647. The van der Waals surface area contributed by atoms with Crippen LogP contribution in [0.1, 0.15) is 48.6 Å². The molecule has 2 unspecified atom stereocenters. The molecule has 1 aliphatic heterocycles. The largest absolute Gasteiger partial charge is 0.347 e. The highest BCUT2D eigenvalue weighted by Crippen LogP contribution is 2.43. The molecule has 1 aromatic rings. The molecule has 1 aliphatic carbocycles. The second-order valence-corrected chi connectivity index (χ2v) is 7.90. The van der Waals surface area contributed by atoms with E-state index < -0.39 is 0 Å². The van der Waals surface area contributed by atoms with Crippen LogP contribution >= 0.6 is 27.5 Å². The van der Waals surface area contributed by atoms with Crippen molar-refractivity contribution in [2.24, 2.45) is 5.92 Å². The Morgan fingerprint density at radius 3 is 2.76 bits per heavy atom. The normalized spacial score (nSPS) is 26.1. The van der Waals surface area contributed by atoms with Crippen LogP contribution in [0.4, 0.5) is 0 Å². The number of hydrogen-bond acceptors (Lipinski definition) is 2. The first-order valence-corrected chi connectivity index (χ1v) is 9.10. The topological polar surface area (TPSA) is 18.5 Å². The lowest BCUT2D eigenvalue weighted by atomic mass is 9.79. The first kappa shape index (κ1) is 15.8. The van der Waals surface area contributed by atoms with Crippen LogP contribution < -0.4 is 0 Å². The third-order valence-corrected chi connectivity index (χ3v) is 5.61. The highest BCUT2D eigenvalue weighted by molar-refractivity contribution is 9.09. The van der Waals surface area contributed by atoms with Crippen molar-refractivity contribution in [2.75, 3.05) is 13.2 Å². The van der Waals surface area contributed by atoms with Gasteiger partial charge in [0.25, 0.3) is 0 Å². The number of halogens is 2. The lowest BCUT2D eigenvalue weighted by molar-refractivity contribution is -0.212. The molecule has 2 atom stereocenters. The van der Waals surface area contributed by atoms with Gasteiger partial charge < -0.3 is 9.47 Å². The van der Waals surface area contributed by atoms with Crippen LogP contribution in [0.25, 0.3) is 0 Å². The molecule has 2 nitrogen and oxygen atoms in total. The predicted molar refractivity (Wildman–Crippen MR) is 89.1 cm³/mol. The van der Waals surface area contributed by atoms with E-state index in [-0.39, 0.29) is 5.79 Å². The van der Waals surface area contributed by atoms with Crippen molar-refractivity contribution in [3.63, 3.8) is 0 Å². The Morgan fingerprint density at radius 1 is 1.33 bits per heavy atom. The molecule has 1 saturated heterocycles. The van der Waals surface area contributed by atoms with Gasteiger partial charge in [-0.2, -0.15) is 0 Å². The van der Waals surface area contributed by atoms with E-state index in [1.807, 2.05) is 0 Å². The van der Waals surface area contributed by atoms with Gasteiger partial charge in [-0.25, -0.2) is 0 Å². The molecule has 0 amide bonds. The summed E-state index contributed by atoms with van der Waals surface area (Å²) >= 11 is 10.1. The lowest BCUT2D eigenvalue weighted by Gasteiger charge is -2.39. The summed E-state index contributed by atoms with van der Waals surface area (Å²) in [5.74, 6) is 0.0710. The minimum atomic E-state index is -0.344. The molecule has 0 radical (unpaired) electrons. The molecule has 1 aromatic carbocycles. The lowest BCUT2D eigenvalue weighted by Crippen LogP contribution is -2.42. The zero-order valence-electron chi connectivity index (χ0n) is 12.4. The van der Waals surface area contributed by atoms with Crippen molar-refractivity contribution >= 4 is 27.5 Å². The van der Waals surface area contributed by atoms with Gasteiger partial charge >= 0.3 is 0 Å². The van der Waals surface area contributed by atoms with Gasteiger partial charge in [-0.15, -0.1) is 0 Å². The average Bonchev–Trinajstić information content (AvgIpc) is 2.92. The van der Waals surface area contributed by atoms with Crippen molar-refractivity contribution in [1.82, 2.24) is 0 Å². The Labute approximate surface area is 140 Å². The number of hydrogen-bond donors (Lipinski definition) is 0. The van der Waals surface area contributed by atoms with E-state index in [2.05, 4.69) is 41.1 Å². The molecule has 1 heterocycles. The number of alkyl halides is 1. The zero-order chi connectivity index (χ0) is 14.9. The molecule has 2 fully saturated rings. The minimum absolute atomic E-state index is 0.326. The van der Waals surface area contributed by atoms with Crippen LogP contribution in [-0.2, 0) is 15.9 Å². The maximum atomic E-state index is 6.49. The molecule has 1 saturated carbocycles. The third-order valence-electron chi connectivity index (χ3n) is 4.73. The molecule has 4 heteroatoms. The van der Waals surface area contributed by atoms with E-state index in [9.17, 15) is 0 Å². The van der Waals surface area contributed by atoms with E-state index in [4.69, 9.17) is 21.1 Å². The van der Waals surface area contributed by atoms with Crippen LogP contribution in [0.2, 0.25) is 5.02 Å². The molecule has 2 aliphatic rings. The fourth-order valence-corrected chi connectivity index (χ4v) is 4.09. The van der Waals surface area contributed by atoms with Gasteiger partial charge in [-0.1, -0.05) is 46.1 Å². The predicted octanol–water partition coefficient (Wildman–Crippen LogP) is 5.27. The highest BCUT2D eigenvalue weighted by Gasteiger charge is 2.45. The van der Waals surface area contributed by atoms with Crippen molar-refractivity contribution < 1.29 is 9.47 Å². The van der Waals surface area contributed by atoms with Crippen molar-refractivity contribution in [3.05, 3.63) is 34.3 Å². The summed E-state index contributed by atoms with van der Waals surface area (Å²) in [5, 5.41) is 0.859. The van der Waals surface area contributed by atoms with Crippen LogP contribution in [0.5, 0.6) is 0 Å². The molecule has 3 rings (SSSR count). The Hall–Kier alpha value is -0.0900. The first-order chi connectivity index (χ1) is 10.1. The summed E-state index contributed by atoms with van der Waals surface area (Å²) in [4.78, 5) is 0.326. The number of rotatable bonds is 3. The van der Waals surface area contributed by atoms with E-state index in [1.54, 1.807) is 0 Å². The molecule has 0 aromatic heterocycles. The Bertz CT molecular complexity index is 498. The minimum Gasteiger partial charge on any atom is -0.347 e. The first-order valence-electron chi connectivity index (χ1n) is 7.81. The summed E-state index contributed by atoms with van der Waals surface area (Å²) in [6.07, 6.45) is 5.58. The molecule has 21 heavy (non-hydrogen) atoms. The van der Waals surface area contributed by atoms with Gasteiger partial charge in [-0.3, -0.25) is 0 Å². The van der Waals surface area contributed by atoms with E-state index in [0.29, 0.717) is 10.7 Å². The van der Waals surface area contributed by atoms with Gasteiger partial charge in [0.2, 0.25) is 0 Å². The second-order valence-electron chi connectivity index (χ2n) is 6.12. The average molecular weight is 374 g/mol. The van der Waals surface area contributed by atoms with Crippen molar-refractivity contribution in [1.29, 1.82) is 0 Å². The van der Waals surface area contributed by atoms with Crippen LogP contribution in [-0.4, -0.2) is 19.0 Å². The van der Waals surface area contributed by atoms with E-state index in [1.165, 1.54) is 24.0 Å². The summed E-state index contributed by atoms with van der Waals surface area (Å²) in [6.45, 7) is 3.57. The van der Waals surface area contributed by atoms with Gasteiger partial charge in [0, 0.05) is 22.2 Å². The second kappa shape index (κ2) is 6.57. The molecule has 0 N–H and O–H groups in total. The standard InChI is InChI=1S/C17H22BrClO2/c1-12(18)13-5-6-14(16(19)11-13)10-15-4-2-3-7-17(15)20-8-9-21-17/h5-6,11-12,15H,2-4,7-10H2,1H3. The van der Waals surface area contributed by atoms with Gasteiger partial charge in [-0.05, 0) is 43.4 Å². The maximum Gasteiger partial charge on any atom is 0.171 e. The Morgan fingerprint density at radius 2 is 2.10 bits per heavy atom. The molecular weight excluding hydrogens is 352 g/mol. The quantitative estimate of drug-likeness (QED) is 0.672. The Kier molecular flexibility index (Phi) is 4.94. The number of benzene rings is 1. The van der Waals surface area contributed by atoms with Crippen LogP contribution in [0.15, 0.2) is 18.2 Å². The Balaban J connectivity index is 1.78.